The number of ether oxygens (including phenoxy) is 1. The molecule has 2 aromatic heterocycles. The molecule has 1 fully saturated rings. The average molecular weight is 364 g/mol. The first-order valence-corrected chi connectivity index (χ1v) is 7.86. The second-order valence-corrected chi connectivity index (χ2v) is 5.61. The van der Waals surface area contributed by atoms with E-state index in [1.165, 1.54) is 6.07 Å². The molecule has 0 bridgehead atoms. The van der Waals surface area contributed by atoms with Crippen molar-refractivity contribution in [2.45, 2.75) is 6.55 Å². The van der Waals surface area contributed by atoms with Crippen molar-refractivity contribution in [1.29, 1.82) is 0 Å². The summed E-state index contributed by atoms with van der Waals surface area (Å²) in [5, 5.41) is 13.9. The normalized spacial score (nSPS) is 15.0. The first-order valence-electron chi connectivity index (χ1n) is 7.86. The smallest absolute Gasteiger partial charge is 0.333 e. The number of hydrogen-bond acceptors (Lipinski definition) is 7. The summed E-state index contributed by atoms with van der Waals surface area (Å²) in [6, 6.07) is 4.67. The van der Waals surface area contributed by atoms with E-state index in [0.29, 0.717) is 47.7 Å². The number of anilines is 2. The molecule has 1 N–H and O–H groups in total. The zero-order chi connectivity index (χ0) is 18.1. The molecule has 0 spiro atoms. The average Bonchev–Trinajstić information content (AvgIpc) is 3.32. The lowest BCUT2D eigenvalue weighted by Crippen LogP contribution is -2.36. The lowest BCUT2D eigenvalue weighted by molar-refractivity contribution is 0.0561. The molecule has 0 aliphatic carbocycles. The van der Waals surface area contributed by atoms with Gasteiger partial charge in [-0.15, -0.1) is 0 Å². The molecule has 136 valence electrons. The number of benzene rings is 1. The Morgan fingerprint density at radius 3 is 2.65 bits per heavy atom. The van der Waals surface area contributed by atoms with E-state index in [9.17, 15) is 13.6 Å². The van der Waals surface area contributed by atoms with Crippen LogP contribution in [-0.4, -0.2) is 52.3 Å². The van der Waals surface area contributed by atoms with Crippen LogP contribution < -0.4 is 10.2 Å². The quantitative estimate of drug-likeness (QED) is 0.755. The van der Waals surface area contributed by atoms with Crippen LogP contribution in [0.1, 0.15) is 17.0 Å². The van der Waals surface area contributed by atoms with Crippen molar-refractivity contribution in [2.75, 3.05) is 36.5 Å². The van der Waals surface area contributed by atoms with Gasteiger partial charge in [0.25, 0.3) is 5.91 Å². The Labute approximate surface area is 145 Å². The van der Waals surface area contributed by atoms with Gasteiger partial charge >= 0.3 is 6.55 Å². The van der Waals surface area contributed by atoms with Crippen LogP contribution in [0.5, 0.6) is 0 Å². The largest absolute Gasteiger partial charge is 0.378 e. The van der Waals surface area contributed by atoms with Crippen molar-refractivity contribution in [3.8, 4) is 0 Å². The van der Waals surface area contributed by atoms with Gasteiger partial charge in [-0.05, 0) is 28.5 Å². The van der Waals surface area contributed by atoms with Crippen molar-refractivity contribution in [1.82, 2.24) is 20.1 Å². The Bertz CT molecular complexity index is 935. The van der Waals surface area contributed by atoms with Gasteiger partial charge in [0, 0.05) is 19.3 Å². The molecule has 1 aliphatic rings. The third kappa shape index (κ3) is 2.96. The van der Waals surface area contributed by atoms with Gasteiger partial charge in [0.15, 0.2) is 16.7 Å². The maximum atomic E-state index is 12.6. The Morgan fingerprint density at radius 1 is 1.15 bits per heavy atom. The molecule has 3 heterocycles. The number of nitrogens with zero attached hydrogens (tertiary/aromatic N) is 5. The second-order valence-electron chi connectivity index (χ2n) is 5.61. The predicted molar refractivity (Wildman–Crippen MR) is 86.3 cm³/mol. The van der Waals surface area contributed by atoms with Gasteiger partial charge in [-0.1, -0.05) is 0 Å². The topological polar surface area (TPSA) is 98.3 Å². The molecule has 0 saturated carbocycles. The van der Waals surface area contributed by atoms with Crippen LogP contribution in [-0.2, 0) is 4.74 Å². The number of morpholine rings is 1. The Balaban J connectivity index is 1.60. The number of hydrogen-bond donors (Lipinski definition) is 1. The van der Waals surface area contributed by atoms with E-state index < -0.39 is 12.5 Å². The Hall–Kier alpha value is -3.08. The summed E-state index contributed by atoms with van der Waals surface area (Å²) < 4.78 is 35.7. The second kappa shape index (κ2) is 6.67. The number of nitrogens with one attached hydrogen (secondary N) is 1. The number of halogens is 2. The minimum Gasteiger partial charge on any atom is -0.378 e. The van der Waals surface area contributed by atoms with Crippen LogP contribution in [0.15, 0.2) is 29.0 Å². The fourth-order valence-corrected chi connectivity index (χ4v) is 2.77. The fraction of sp³-hybridized carbons (Fsp3) is 0.333. The molecule has 1 saturated heterocycles. The van der Waals surface area contributed by atoms with E-state index in [4.69, 9.17) is 9.37 Å². The third-order valence-electron chi connectivity index (χ3n) is 4.04. The SMILES string of the molecule is O=C(Nc1ccc(N2CCOCC2)c2nonc12)c1ccn(C(F)F)n1. The van der Waals surface area contributed by atoms with Crippen molar-refractivity contribution in [3.05, 3.63) is 30.1 Å². The molecule has 1 aromatic carbocycles. The van der Waals surface area contributed by atoms with Crippen LogP contribution in [0.2, 0.25) is 0 Å². The number of carbonyl (C=O) groups is 1. The molecule has 3 aromatic rings. The molecule has 4 rings (SSSR count). The number of rotatable bonds is 4. The first kappa shape index (κ1) is 16.4. The van der Waals surface area contributed by atoms with Crippen LogP contribution in [0.25, 0.3) is 11.0 Å². The van der Waals surface area contributed by atoms with E-state index in [1.807, 2.05) is 0 Å². The summed E-state index contributed by atoms with van der Waals surface area (Å²) in [7, 11) is 0. The highest BCUT2D eigenvalue weighted by Gasteiger charge is 2.21. The number of fused-ring (bicyclic) bond motifs is 1. The van der Waals surface area contributed by atoms with Gasteiger partial charge in [-0.3, -0.25) is 4.79 Å². The zero-order valence-electron chi connectivity index (χ0n) is 13.4. The lowest BCUT2D eigenvalue weighted by atomic mass is 10.2. The summed E-state index contributed by atoms with van der Waals surface area (Å²) in [6.07, 6.45) is 1.04. The van der Waals surface area contributed by atoms with E-state index in [-0.39, 0.29) is 5.69 Å². The number of alkyl halides is 2. The number of amides is 1. The van der Waals surface area contributed by atoms with Crippen molar-refractivity contribution in [2.24, 2.45) is 0 Å². The monoisotopic (exact) mass is 364 g/mol. The highest BCUT2D eigenvalue weighted by atomic mass is 19.3. The van der Waals surface area contributed by atoms with Crippen LogP contribution in [0.3, 0.4) is 0 Å². The summed E-state index contributed by atoms with van der Waals surface area (Å²) in [5.41, 5.74) is 1.92. The highest BCUT2D eigenvalue weighted by molar-refractivity contribution is 6.08. The molecule has 26 heavy (non-hydrogen) atoms. The van der Waals surface area contributed by atoms with Gasteiger partial charge in [0.2, 0.25) is 0 Å². The van der Waals surface area contributed by atoms with Crippen LogP contribution in [0.4, 0.5) is 20.2 Å². The number of carbonyl (C=O) groups excluding carboxylic acids is 1. The molecule has 0 unspecified atom stereocenters. The molecule has 1 aliphatic heterocycles. The van der Waals surface area contributed by atoms with Crippen LogP contribution in [0, 0.1) is 0 Å². The van der Waals surface area contributed by atoms with Crippen molar-refractivity contribution < 1.29 is 22.9 Å². The van der Waals surface area contributed by atoms with Gasteiger partial charge in [-0.2, -0.15) is 13.9 Å². The third-order valence-corrected chi connectivity index (χ3v) is 4.04. The summed E-state index contributed by atoms with van der Waals surface area (Å²) in [4.78, 5) is 14.4. The highest BCUT2D eigenvalue weighted by Crippen LogP contribution is 2.30. The first-order chi connectivity index (χ1) is 12.6. The minimum absolute atomic E-state index is 0.132. The van der Waals surface area contributed by atoms with E-state index in [0.717, 1.165) is 11.9 Å². The van der Waals surface area contributed by atoms with Gasteiger partial charge in [-0.25, -0.2) is 9.31 Å². The Kier molecular flexibility index (Phi) is 4.21. The molecular weight excluding hydrogens is 350 g/mol. The number of aromatic nitrogens is 4. The Morgan fingerprint density at radius 2 is 1.92 bits per heavy atom. The fourth-order valence-electron chi connectivity index (χ4n) is 2.77. The molecule has 0 radical (unpaired) electrons. The zero-order valence-corrected chi connectivity index (χ0v) is 13.4. The van der Waals surface area contributed by atoms with E-state index >= 15 is 0 Å². The molecule has 9 nitrogen and oxygen atoms in total. The minimum atomic E-state index is -2.81. The maximum absolute atomic E-state index is 12.6. The van der Waals surface area contributed by atoms with Crippen LogP contribution >= 0.6 is 0 Å². The molecular formula is C15H14F2N6O3. The summed E-state index contributed by atoms with van der Waals surface area (Å²) in [6.45, 7) is -0.177. The predicted octanol–water partition coefficient (Wildman–Crippen LogP) is 1.90. The molecule has 0 atom stereocenters. The summed E-state index contributed by atoms with van der Waals surface area (Å²) >= 11 is 0. The standard InChI is InChI=1S/C15H14F2N6O3/c16-15(17)23-4-3-10(19-23)14(24)18-9-1-2-11(13-12(9)20-26-21-13)22-5-7-25-8-6-22/h1-4,15H,5-8H2,(H,18,24). The van der Waals surface area contributed by atoms with E-state index in [2.05, 4.69) is 25.6 Å². The van der Waals surface area contributed by atoms with Gasteiger partial charge < -0.3 is 15.0 Å². The maximum Gasteiger partial charge on any atom is 0.333 e. The molecule has 11 heteroatoms. The van der Waals surface area contributed by atoms with E-state index in [1.54, 1.807) is 12.1 Å². The van der Waals surface area contributed by atoms with Gasteiger partial charge in [0.1, 0.15) is 0 Å². The van der Waals surface area contributed by atoms with Gasteiger partial charge in [0.05, 0.1) is 24.6 Å². The lowest BCUT2D eigenvalue weighted by Gasteiger charge is -2.28. The summed E-state index contributed by atoms with van der Waals surface area (Å²) in [5.74, 6) is -0.632. The van der Waals surface area contributed by atoms with Crippen molar-refractivity contribution in [3.63, 3.8) is 0 Å². The molecule has 1 amide bonds. The van der Waals surface area contributed by atoms with Crippen molar-refractivity contribution >= 4 is 28.3 Å².